The number of sulfone groups is 1. The Morgan fingerprint density at radius 2 is 2.03 bits per heavy atom. The Bertz CT molecular complexity index is 1280. The number of nitro benzene ring substituents is 1. The Kier molecular flexibility index (Phi) is 5.87. The average molecular weight is 435 g/mol. The van der Waals surface area contributed by atoms with Gasteiger partial charge in [0.1, 0.15) is 18.9 Å². The molecule has 1 amide bonds. The molecule has 0 spiro atoms. The summed E-state index contributed by atoms with van der Waals surface area (Å²) in [6.07, 6.45) is 1.10. The number of non-ortho nitro benzene ring substituents is 1. The van der Waals surface area contributed by atoms with E-state index in [9.17, 15) is 28.1 Å². The summed E-state index contributed by atoms with van der Waals surface area (Å²) in [7, 11) is -3.16. The van der Waals surface area contributed by atoms with Crippen LogP contribution in [-0.4, -0.2) is 42.4 Å². The van der Waals surface area contributed by atoms with E-state index in [1.54, 1.807) is 18.2 Å². The number of hydrogen-bond acceptors (Lipinski definition) is 8. The number of benzene rings is 2. The summed E-state index contributed by atoms with van der Waals surface area (Å²) in [5, 5.41) is 13.4. The molecule has 0 aliphatic rings. The molecule has 0 atom stereocenters. The summed E-state index contributed by atoms with van der Waals surface area (Å²) in [4.78, 5) is 34.6. The molecule has 30 heavy (non-hydrogen) atoms. The van der Waals surface area contributed by atoms with Crippen molar-refractivity contribution in [1.82, 2.24) is 4.57 Å². The first-order valence-corrected chi connectivity index (χ1v) is 10.7. The van der Waals surface area contributed by atoms with Crippen molar-refractivity contribution in [2.75, 3.05) is 23.9 Å². The number of nitrogens with zero attached hydrogens (tertiary/aromatic N) is 2. The quantitative estimate of drug-likeness (QED) is 0.413. The first-order chi connectivity index (χ1) is 14.1. The van der Waals surface area contributed by atoms with Gasteiger partial charge in [-0.05, 0) is 18.2 Å². The van der Waals surface area contributed by atoms with Crippen LogP contribution in [0, 0.1) is 10.1 Å². The van der Waals surface area contributed by atoms with Gasteiger partial charge in [-0.1, -0.05) is 6.07 Å². The second-order valence-corrected chi connectivity index (χ2v) is 8.68. The molecule has 3 aromatic rings. The Labute approximate surface area is 169 Å². The Morgan fingerprint density at radius 3 is 2.73 bits per heavy atom. The molecule has 12 heteroatoms. The van der Waals surface area contributed by atoms with Crippen LogP contribution in [0.25, 0.3) is 11.1 Å². The number of nitro groups is 1. The minimum atomic E-state index is -3.16. The molecule has 0 bridgehead atoms. The molecule has 1 N–H and O–H groups in total. The van der Waals surface area contributed by atoms with Crippen molar-refractivity contribution < 1.29 is 27.3 Å². The van der Waals surface area contributed by atoms with E-state index in [0.29, 0.717) is 11.4 Å². The molecule has 0 saturated carbocycles. The molecule has 0 aliphatic carbocycles. The lowest BCUT2D eigenvalue weighted by Gasteiger charge is -2.09. The van der Waals surface area contributed by atoms with Crippen LogP contribution in [-0.2, 0) is 21.2 Å². The van der Waals surface area contributed by atoms with Crippen molar-refractivity contribution in [3.05, 3.63) is 63.1 Å². The van der Waals surface area contributed by atoms with Crippen LogP contribution in [0.15, 0.2) is 51.7 Å². The minimum Gasteiger partial charge on any atom is -0.492 e. The van der Waals surface area contributed by atoms with Crippen LogP contribution in [0.2, 0.25) is 0 Å². The largest absolute Gasteiger partial charge is 0.492 e. The number of carbonyl (C=O) groups excluding carboxylic acids is 1. The molecule has 158 valence electrons. The van der Waals surface area contributed by atoms with Crippen LogP contribution >= 0.6 is 0 Å². The zero-order chi connectivity index (χ0) is 21.9. The number of carbonyl (C=O) groups is 1. The van der Waals surface area contributed by atoms with Gasteiger partial charge in [0.15, 0.2) is 15.4 Å². The smallest absolute Gasteiger partial charge is 0.420 e. The number of nitrogens with one attached hydrogen (secondary N) is 1. The number of fused-ring (bicyclic) bond motifs is 1. The number of aromatic nitrogens is 1. The van der Waals surface area contributed by atoms with Gasteiger partial charge >= 0.3 is 5.76 Å². The third-order valence-electron chi connectivity index (χ3n) is 4.01. The maximum Gasteiger partial charge on any atom is 0.420 e. The zero-order valence-corrected chi connectivity index (χ0v) is 16.5. The minimum absolute atomic E-state index is 0.00303. The molecule has 11 nitrogen and oxygen atoms in total. The summed E-state index contributed by atoms with van der Waals surface area (Å²) in [5.41, 5.74) is 0.399. The van der Waals surface area contributed by atoms with Gasteiger partial charge in [-0.2, -0.15) is 0 Å². The SMILES string of the molecule is CS(=O)(=O)CCOc1cccc(NC(=O)Cn2c(=O)oc3cc([N+](=O)[O-])ccc32)c1. The highest BCUT2D eigenvalue weighted by Gasteiger charge is 2.16. The topological polar surface area (TPSA) is 151 Å². The van der Waals surface area contributed by atoms with Crippen molar-refractivity contribution in [3.8, 4) is 5.75 Å². The van der Waals surface area contributed by atoms with E-state index in [1.807, 2.05) is 0 Å². The van der Waals surface area contributed by atoms with E-state index in [1.165, 1.54) is 18.2 Å². The Morgan fingerprint density at radius 1 is 1.27 bits per heavy atom. The number of hydrogen-bond donors (Lipinski definition) is 1. The van der Waals surface area contributed by atoms with Crippen LogP contribution in [0.4, 0.5) is 11.4 Å². The predicted octanol–water partition coefficient (Wildman–Crippen LogP) is 1.56. The van der Waals surface area contributed by atoms with Gasteiger partial charge in [0, 0.05) is 24.1 Å². The van der Waals surface area contributed by atoms with Crippen molar-refractivity contribution in [2.24, 2.45) is 0 Å². The molecule has 0 unspecified atom stereocenters. The lowest BCUT2D eigenvalue weighted by atomic mass is 10.3. The third-order valence-corrected chi connectivity index (χ3v) is 4.91. The molecule has 0 saturated heterocycles. The highest BCUT2D eigenvalue weighted by Crippen LogP contribution is 2.21. The highest BCUT2D eigenvalue weighted by molar-refractivity contribution is 7.90. The fourth-order valence-corrected chi connectivity index (χ4v) is 3.02. The number of rotatable bonds is 8. The summed E-state index contributed by atoms with van der Waals surface area (Å²) < 4.78 is 33.7. The first-order valence-electron chi connectivity index (χ1n) is 8.60. The van der Waals surface area contributed by atoms with E-state index in [0.717, 1.165) is 16.9 Å². The van der Waals surface area contributed by atoms with E-state index < -0.39 is 26.4 Å². The van der Waals surface area contributed by atoms with Crippen molar-refractivity contribution in [2.45, 2.75) is 6.54 Å². The molecule has 0 fully saturated rings. The standard InChI is InChI=1S/C18H17N3O8S/c1-30(26,27)8-7-28-14-4-2-3-12(9-14)19-17(22)11-20-15-6-5-13(21(24)25)10-16(15)29-18(20)23/h2-6,9-10H,7-8,11H2,1H3,(H,19,22). The molecular formula is C18H17N3O8S. The zero-order valence-electron chi connectivity index (χ0n) is 15.7. The summed E-state index contributed by atoms with van der Waals surface area (Å²) >= 11 is 0. The maximum absolute atomic E-state index is 12.4. The molecule has 3 rings (SSSR count). The highest BCUT2D eigenvalue weighted by atomic mass is 32.2. The molecule has 2 aromatic carbocycles. The Balaban J connectivity index is 1.70. The van der Waals surface area contributed by atoms with E-state index >= 15 is 0 Å². The van der Waals surface area contributed by atoms with Crippen molar-refractivity contribution in [3.63, 3.8) is 0 Å². The lowest BCUT2D eigenvalue weighted by Crippen LogP contribution is -2.24. The fraction of sp³-hybridized carbons (Fsp3) is 0.222. The maximum atomic E-state index is 12.4. The normalized spacial score (nSPS) is 11.4. The van der Waals surface area contributed by atoms with Crippen LogP contribution in [0.3, 0.4) is 0 Å². The Hall–Kier alpha value is -3.67. The van der Waals surface area contributed by atoms with Gasteiger partial charge in [-0.3, -0.25) is 19.5 Å². The number of ether oxygens (including phenoxy) is 1. The first kappa shape index (κ1) is 21.0. The third kappa shape index (κ3) is 5.23. The molecule has 1 heterocycles. The number of oxazole rings is 1. The summed E-state index contributed by atoms with van der Waals surface area (Å²) in [5.74, 6) is -1.13. The number of anilines is 1. The molecule has 1 aromatic heterocycles. The molecular weight excluding hydrogens is 418 g/mol. The molecule has 0 aliphatic heterocycles. The fourth-order valence-electron chi connectivity index (χ4n) is 2.64. The van der Waals surface area contributed by atoms with Crippen LogP contribution < -0.4 is 15.8 Å². The predicted molar refractivity (Wildman–Crippen MR) is 107 cm³/mol. The van der Waals surface area contributed by atoms with Crippen molar-refractivity contribution >= 4 is 38.2 Å². The monoisotopic (exact) mass is 435 g/mol. The van der Waals surface area contributed by atoms with Gasteiger partial charge in [-0.25, -0.2) is 13.2 Å². The van der Waals surface area contributed by atoms with Gasteiger partial charge in [-0.15, -0.1) is 0 Å². The second kappa shape index (κ2) is 8.37. The van der Waals surface area contributed by atoms with E-state index in [4.69, 9.17) is 9.15 Å². The second-order valence-electron chi connectivity index (χ2n) is 6.42. The van der Waals surface area contributed by atoms with Crippen molar-refractivity contribution in [1.29, 1.82) is 0 Å². The van der Waals surface area contributed by atoms with E-state index in [-0.39, 0.29) is 35.7 Å². The van der Waals surface area contributed by atoms with Gasteiger partial charge in [0.05, 0.1) is 22.3 Å². The summed E-state index contributed by atoms with van der Waals surface area (Å²) in [6, 6.07) is 10.00. The van der Waals surface area contributed by atoms with Crippen LogP contribution in [0.1, 0.15) is 0 Å². The van der Waals surface area contributed by atoms with Gasteiger partial charge in [0.2, 0.25) is 5.91 Å². The summed E-state index contributed by atoms with van der Waals surface area (Å²) in [6.45, 7) is -0.401. The van der Waals surface area contributed by atoms with Gasteiger partial charge in [0.25, 0.3) is 5.69 Å². The van der Waals surface area contributed by atoms with E-state index in [2.05, 4.69) is 5.32 Å². The lowest BCUT2D eigenvalue weighted by molar-refractivity contribution is -0.384. The number of amides is 1. The average Bonchev–Trinajstić information content (AvgIpc) is 2.95. The molecule has 0 radical (unpaired) electrons. The van der Waals surface area contributed by atoms with Crippen LogP contribution in [0.5, 0.6) is 5.75 Å². The van der Waals surface area contributed by atoms with Gasteiger partial charge < -0.3 is 14.5 Å².